The molecule has 10 heteroatoms. The molecule has 2 aliphatic rings. The van der Waals surface area contributed by atoms with Crippen molar-refractivity contribution in [1.29, 1.82) is 0 Å². The summed E-state index contributed by atoms with van der Waals surface area (Å²) in [4.78, 5) is 24.6. The summed E-state index contributed by atoms with van der Waals surface area (Å²) in [6.45, 7) is 4.25. The second kappa shape index (κ2) is 9.95. The van der Waals surface area contributed by atoms with Crippen molar-refractivity contribution in [2.75, 3.05) is 18.9 Å². The Kier molecular flexibility index (Phi) is 7.53. The average molecular weight is 456 g/mol. The normalized spacial score (nSPS) is 20.1. The molecule has 1 saturated heterocycles. The van der Waals surface area contributed by atoms with Crippen LogP contribution in [0.5, 0.6) is 5.75 Å². The van der Waals surface area contributed by atoms with Crippen molar-refractivity contribution < 1.29 is 27.1 Å². The predicted octanol–water partition coefficient (Wildman–Crippen LogP) is 2.71. The standard InChI is InChI=1S/C21H30FN3O5S/c1-14(17-8-9-18(22)19(12-17)30-13-16-6-7-16)24-31(28,29)11-5-3-4-10-25-15(2)20(26)23-21(25)27/h8-9,12,14-16,24H,3-7,10-11,13H2,1-2H3,(H,23,26,27)/t14-,15?/m1/s1. The van der Waals surface area contributed by atoms with Gasteiger partial charge in [-0.05, 0) is 63.1 Å². The number of halogens is 1. The van der Waals surface area contributed by atoms with Gasteiger partial charge in [0, 0.05) is 12.6 Å². The largest absolute Gasteiger partial charge is 0.490 e. The summed E-state index contributed by atoms with van der Waals surface area (Å²) in [5.74, 6) is -0.184. The van der Waals surface area contributed by atoms with Crippen LogP contribution in [0.25, 0.3) is 0 Å². The third-order valence-electron chi connectivity index (χ3n) is 5.63. The Morgan fingerprint density at radius 2 is 2.00 bits per heavy atom. The number of ether oxygens (including phenoxy) is 1. The number of amides is 3. The number of hydrogen-bond acceptors (Lipinski definition) is 5. The van der Waals surface area contributed by atoms with Gasteiger partial charge in [-0.3, -0.25) is 10.1 Å². The van der Waals surface area contributed by atoms with E-state index in [0.717, 1.165) is 12.8 Å². The summed E-state index contributed by atoms with van der Waals surface area (Å²) in [6, 6.07) is 2.98. The lowest BCUT2D eigenvalue weighted by Crippen LogP contribution is -2.33. The molecular formula is C21H30FN3O5S. The molecule has 1 unspecified atom stereocenters. The van der Waals surface area contributed by atoms with Gasteiger partial charge in [-0.2, -0.15) is 0 Å². The summed E-state index contributed by atoms with van der Waals surface area (Å²) < 4.78 is 46.9. The van der Waals surface area contributed by atoms with Gasteiger partial charge in [-0.1, -0.05) is 12.5 Å². The Morgan fingerprint density at radius 1 is 1.26 bits per heavy atom. The van der Waals surface area contributed by atoms with Crippen LogP contribution in [0.2, 0.25) is 0 Å². The fourth-order valence-corrected chi connectivity index (χ4v) is 4.81. The number of urea groups is 1. The molecule has 1 saturated carbocycles. The van der Waals surface area contributed by atoms with Gasteiger partial charge in [0.25, 0.3) is 5.91 Å². The van der Waals surface area contributed by atoms with Crippen LogP contribution in [0.1, 0.15) is 57.6 Å². The van der Waals surface area contributed by atoms with Gasteiger partial charge in [0.2, 0.25) is 10.0 Å². The monoisotopic (exact) mass is 455 g/mol. The van der Waals surface area contributed by atoms with E-state index in [1.807, 2.05) is 0 Å². The molecule has 1 aromatic carbocycles. The lowest BCUT2D eigenvalue weighted by atomic mass is 10.1. The van der Waals surface area contributed by atoms with Crippen LogP contribution in [-0.2, 0) is 14.8 Å². The third-order valence-corrected chi connectivity index (χ3v) is 7.17. The molecule has 1 heterocycles. The van der Waals surface area contributed by atoms with Gasteiger partial charge < -0.3 is 9.64 Å². The van der Waals surface area contributed by atoms with E-state index in [1.165, 1.54) is 11.0 Å². The number of rotatable bonds is 12. The topological polar surface area (TPSA) is 105 Å². The molecule has 2 N–H and O–H groups in total. The van der Waals surface area contributed by atoms with Gasteiger partial charge in [0.05, 0.1) is 12.4 Å². The fraction of sp³-hybridized carbons (Fsp3) is 0.619. The quantitative estimate of drug-likeness (QED) is 0.372. The number of hydrogen-bond donors (Lipinski definition) is 2. The molecule has 3 amide bonds. The molecule has 1 aliphatic carbocycles. The van der Waals surface area contributed by atoms with Crippen LogP contribution >= 0.6 is 0 Å². The van der Waals surface area contributed by atoms with Crippen molar-refractivity contribution in [3.05, 3.63) is 29.6 Å². The van der Waals surface area contributed by atoms with Crippen LogP contribution in [0.3, 0.4) is 0 Å². The van der Waals surface area contributed by atoms with Crippen LogP contribution in [0.4, 0.5) is 9.18 Å². The molecule has 0 spiro atoms. The van der Waals surface area contributed by atoms with E-state index in [9.17, 15) is 22.4 Å². The molecular weight excluding hydrogens is 425 g/mol. The number of sulfonamides is 1. The maximum Gasteiger partial charge on any atom is 0.324 e. The number of carbonyl (C=O) groups is 2. The zero-order valence-electron chi connectivity index (χ0n) is 17.9. The van der Waals surface area contributed by atoms with E-state index in [-0.39, 0.29) is 17.4 Å². The van der Waals surface area contributed by atoms with Crippen molar-refractivity contribution in [3.63, 3.8) is 0 Å². The molecule has 3 rings (SSSR count). The summed E-state index contributed by atoms with van der Waals surface area (Å²) in [7, 11) is -3.53. The van der Waals surface area contributed by atoms with E-state index >= 15 is 0 Å². The van der Waals surface area contributed by atoms with Gasteiger partial charge in [-0.15, -0.1) is 0 Å². The van der Waals surface area contributed by atoms with Gasteiger partial charge in [0.15, 0.2) is 11.6 Å². The van der Waals surface area contributed by atoms with Crippen molar-refractivity contribution in [2.24, 2.45) is 5.92 Å². The average Bonchev–Trinajstić information content (AvgIpc) is 3.49. The second-order valence-corrected chi connectivity index (χ2v) is 10.2. The van der Waals surface area contributed by atoms with Gasteiger partial charge >= 0.3 is 6.03 Å². The molecule has 8 nitrogen and oxygen atoms in total. The number of benzene rings is 1. The fourth-order valence-electron chi connectivity index (χ4n) is 3.43. The molecule has 0 bridgehead atoms. The molecule has 1 aromatic rings. The highest BCUT2D eigenvalue weighted by molar-refractivity contribution is 7.89. The molecule has 0 radical (unpaired) electrons. The van der Waals surface area contributed by atoms with Crippen LogP contribution in [-0.4, -0.2) is 50.2 Å². The van der Waals surface area contributed by atoms with E-state index in [1.54, 1.807) is 26.0 Å². The highest BCUT2D eigenvalue weighted by Gasteiger charge is 2.34. The molecule has 172 valence electrons. The first-order valence-electron chi connectivity index (χ1n) is 10.7. The first-order chi connectivity index (χ1) is 14.7. The minimum Gasteiger partial charge on any atom is -0.490 e. The van der Waals surface area contributed by atoms with Crippen molar-refractivity contribution in [1.82, 2.24) is 14.9 Å². The SMILES string of the molecule is CC1C(=O)NC(=O)N1CCCCCS(=O)(=O)N[C@H](C)c1ccc(F)c(OCC2CC2)c1. The van der Waals surface area contributed by atoms with Crippen molar-refractivity contribution in [2.45, 2.75) is 58.0 Å². The number of nitrogens with zero attached hydrogens (tertiary/aromatic N) is 1. The first-order valence-corrected chi connectivity index (χ1v) is 12.3. The van der Waals surface area contributed by atoms with E-state index in [0.29, 0.717) is 43.9 Å². The Hall–Kier alpha value is -2.20. The Morgan fingerprint density at radius 3 is 2.65 bits per heavy atom. The molecule has 2 fully saturated rings. The number of unbranched alkanes of at least 4 members (excludes halogenated alkanes) is 2. The lowest BCUT2D eigenvalue weighted by molar-refractivity contribution is -0.121. The summed E-state index contributed by atoms with van der Waals surface area (Å²) >= 11 is 0. The Labute approximate surface area is 182 Å². The van der Waals surface area contributed by atoms with Crippen LogP contribution in [0, 0.1) is 11.7 Å². The zero-order valence-corrected chi connectivity index (χ0v) is 18.7. The summed E-state index contributed by atoms with van der Waals surface area (Å²) in [6.07, 6.45) is 3.84. The minimum absolute atomic E-state index is 0.0513. The van der Waals surface area contributed by atoms with Gasteiger partial charge in [-0.25, -0.2) is 22.3 Å². The molecule has 2 atom stereocenters. The van der Waals surface area contributed by atoms with Crippen LogP contribution in [0.15, 0.2) is 18.2 Å². The maximum atomic E-state index is 14.0. The third kappa shape index (κ3) is 6.64. The minimum atomic E-state index is -3.53. The predicted molar refractivity (Wildman–Crippen MR) is 114 cm³/mol. The Bertz CT molecular complexity index is 920. The number of nitrogens with one attached hydrogen (secondary N) is 2. The van der Waals surface area contributed by atoms with E-state index < -0.39 is 34.0 Å². The molecule has 31 heavy (non-hydrogen) atoms. The highest BCUT2D eigenvalue weighted by Crippen LogP contribution is 2.31. The highest BCUT2D eigenvalue weighted by atomic mass is 32.2. The first kappa shape index (κ1) is 23.5. The number of carbonyl (C=O) groups excluding carboxylic acids is 2. The van der Waals surface area contributed by atoms with Crippen molar-refractivity contribution in [3.8, 4) is 5.75 Å². The van der Waals surface area contributed by atoms with E-state index in [4.69, 9.17) is 4.74 Å². The molecule has 1 aliphatic heterocycles. The maximum absolute atomic E-state index is 14.0. The smallest absolute Gasteiger partial charge is 0.324 e. The Balaban J connectivity index is 1.43. The van der Waals surface area contributed by atoms with Crippen molar-refractivity contribution >= 4 is 22.0 Å². The summed E-state index contributed by atoms with van der Waals surface area (Å²) in [5.41, 5.74) is 0.634. The van der Waals surface area contributed by atoms with Crippen LogP contribution < -0.4 is 14.8 Å². The van der Waals surface area contributed by atoms with E-state index in [2.05, 4.69) is 10.0 Å². The van der Waals surface area contributed by atoms with Gasteiger partial charge in [0.1, 0.15) is 6.04 Å². The lowest BCUT2D eigenvalue weighted by Gasteiger charge is -2.18. The summed E-state index contributed by atoms with van der Waals surface area (Å²) in [5, 5.41) is 2.25. The zero-order chi connectivity index (χ0) is 22.6. The molecule has 0 aromatic heterocycles. The second-order valence-electron chi connectivity index (χ2n) is 8.33. The number of imide groups is 1.